The summed E-state index contributed by atoms with van der Waals surface area (Å²) in [5, 5.41) is 21.8. The van der Waals surface area contributed by atoms with Crippen LogP contribution in [0.3, 0.4) is 0 Å². The highest BCUT2D eigenvalue weighted by Crippen LogP contribution is 2.09. The first-order chi connectivity index (χ1) is 7.58. The quantitative estimate of drug-likeness (QED) is 0.500. The Morgan fingerprint density at radius 2 is 2.38 bits per heavy atom. The fourth-order valence-electron chi connectivity index (χ4n) is 1.16. The average Bonchev–Trinajstić information content (AvgIpc) is 2.74. The van der Waals surface area contributed by atoms with E-state index in [2.05, 4.69) is 10.3 Å². The summed E-state index contributed by atoms with van der Waals surface area (Å²) < 4.78 is 0. The molecule has 1 unspecified atom stereocenters. The second-order valence-corrected chi connectivity index (χ2v) is 3.28. The van der Waals surface area contributed by atoms with Gasteiger partial charge in [-0.25, -0.2) is 4.98 Å². The summed E-state index contributed by atoms with van der Waals surface area (Å²) in [6, 6.07) is 2.21. The largest absolute Gasteiger partial charge is 0.394 e. The number of nitrogens with zero attached hydrogens (tertiary/aromatic N) is 1. The Hall–Kier alpha value is -1.89. The second-order valence-electron chi connectivity index (χ2n) is 3.28. The van der Waals surface area contributed by atoms with Crippen molar-refractivity contribution >= 4 is 11.7 Å². The SMILES string of the molecule is CCC(CO)NC(=O)c1ccc([N+](=O)[O-])[nH]1. The summed E-state index contributed by atoms with van der Waals surface area (Å²) in [4.78, 5) is 23.7. The molecule has 0 saturated heterocycles. The van der Waals surface area contributed by atoms with E-state index in [1.807, 2.05) is 6.92 Å². The molecule has 0 aliphatic heterocycles. The number of hydrogen-bond acceptors (Lipinski definition) is 4. The molecule has 0 aliphatic rings. The van der Waals surface area contributed by atoms with Crippen molar-refractivity contribution in [1.29, 1.82) is 0 Å². The van der Waals surface area contributed by atoms with Crippen LogP contribution in [0.2, 0.25) is 0 Å². The molecule has 16 heavy (non-hydrogen) atoms. The van der Waals surface area contributed by atoms with E-state index < -0.39 is 10.8 Å². The van der Waals surface area contributed by atoms with Gasteiger partial charge in [-0.2, -0.15) is 0 Å². The van der Waals surface area contributed by atoms with Gasteiger partial charge < -0.3 is 20.5 Å². The van der Waals surface area contributed by atoms with Crippen molar-refractivity contribution in [2.24, 2.45) is 0 Å². The van der Waals surface area contributed by atoms with E-state index in [-0.39, 0.29) is 24.2 Å². The number of hydrogen-bond donors (Lipinski definition) is 3. The Morgan fingerprint density at radius 1 is 1.69 bits per heavy atom. The Kier molecular flexibility index (Phi) is 4.01. The van der Waals surface area contributed by atoms with Crippen LogP contribution in [0.4, 0.5) is 5.82 Å². The van der Waals surface area contributed by atoms with E-state index in [1.165, 1.54) is 12.1 Å². The zero-order chi connectivity index (χ0) is 12.1. The van der Waals surface area contributed by atoms with Gasteiger partial charge in [-0.05, 0) is 17.4 Å². The van der Waals surface area contributed by atoms with Gasteiger partial charge in [-0.15, -0.1) is 0 Å². The van der Waals surface area contributed by atoms with Crippen molar-refractivity contribution < 1.29 is 14.8 Å². The molecule has 0 fully saturated rings. The molecule has 0 spiro atoms. The highest BCUT2D eigenvalue weighted by molar-refractivity contribution is 5.93. The number of aromatic nitrogens is 1. The molecule has 0 aromatic carbocycles. The van der Waals surface area contributed by atoms with E-state index >= 15 is 0 Å². The van der Waals surface area contributed by atoms with Crippen LogP contribution < -0.4 is 5.32 Å². The Morgan fingerprint density at radius 3 is 2.81 bits per heavy atom. The maximum absolute atomic E-state index is 11.5. The summed E-state index contributed by atoms with van der Waals surface area (Å²) in [7, 11) is 0. The summed E-state index contributed by atoms with van der Waals surface area (Å²) in [6.45, 7) is 1.66. The molecule has 7 nitrogen and oxygen atoms in total. The van der Waals surface area contributed by atoms with Crippen LogP contribution in [0.25, 0.3) is 0 Å². The van der Waals surface area contributed by atoms with Gasteiger partial charge in [-0.3, -0.25) is 4.79 Å². The third-order valence-corrected chi connectivity index (χ3v) is 2.16. The van der Waals surface area contributed by atoms with E-state index in [1.54, 1.807) is 0 Å². The maximum atomic E-state index is 11.5. The molecule has 1 atom stereocenters. The van der Waals surface area contributed by atoms with E-state index in [0.717, 1.165) is 0 Å². The highest BCUT2D eigenvalue weighted by atomic mass is 16.6. The zero-order valence-corrected chi connectivity index (χ0v) is 8.77. The van der Waals surface area contributed by atoms with Gasteiger partial charge in [0.05, 0.1) is 12.6 Å². The number of aromatic amines is 1. The minimum Gasteiger partial charge on any atom is -0.394 e. The summed E-state index contributed by atoms with van der Waals surface area (Å²) in [5.41, 5.74) is 0.110. The fraction of sp³-hybridized carbons (Fsp3) is 0.444. The Balaban J connectivity index is 2.69. The highest BCUT2D eigenvalue weighted by Gasteiger charge is 2.17. The molecule has 1 aromatic rings. The van der Waals surface area contributed by atoms with Crippen molar-refractivity contribution in [3.63, 3.8) is 0 Å². The number of H-pyrrole nitrogens is 1. The summed E-state index contributed by atoms with van der Waals surface area (Å²) in [5.74, 6) is -0.698. The molecule has 0 saturated carbocycles. The van der Waals surface area contributed by atoms with Crippen LogP contribution in [0.5, 0.6) is 0 Å². The number of rotatable bonds is 5. The van der Waals surface area contributed by atoms with Gasteiger partial charge >= 0.3 is 5.82 Å². The van der Waals surface area contributed by atoms with E-state index in [4.69, 9.17) is 5.11 Å². The summed E-state index contributed by atoms with van der Waals surface area (Å²) in [6.07, 6.45) is 0.588. The topological polar surface area (TPSA) is 108 Å². The molecule has 1 rings (SSSR count). The molecular formula is C9H13N3O4. The first-order valence-electron chi connectivity index (χ1n) is 4.83. The van der Waals surface area contributed by atoms with Gasteiger partial charge in [0.1, 0.15) is 0 Å². The molecule has 0 radical (unpaired) electrons. The predicted octanol–water partition coefficient (Wildman–Crippen LogP) is 0.424. The average molecular weight is 227 g/mol. The lowest BCUT2D eigenvalue weighted by molar-refractivity contribution is -0.389. The fourth-order valence-corrected chi connectivity index (χ4v) is 1.16. The normalized spacial score (nSPS) is 12.1. The Bertz CT molecular complexity index is 384. The predicted molar refractivity (Wildman–Crippen MR) is 56.1 cm³/mol. The molecule has 88 valence electrons. The third kappa shape index (κ3) is 2.80. The molecule has 1 heterocycles. The van der Waals surface area contributed by atoms with E-state index in [9.17, 15) is 14.9 Å². The van der Waals surface area contributed by atoms with Gasteiger partial charge in [0.15, 0.2) is 5.69 Å². The zero-order valence-electron chi connectivity index (χ0n) is 8.77. The number of carbonyl (C=O) groups excluding carboxylic acids is 1. The van der Waals surface area contributed by atoms with Crippen LogP contribution in [0.15, 0.2) is 12.1 Å². The minimum absolute atomic E-state index is 0.110. The van der Waals surface area contributed by atoms with Gasteiger partial charge in [-0.1, -0.05) is 6.92 Å². The number of nitro groups is 1. The smallest absolute Gasteiger partial charge is 0.321 e. The number of amides is 1. The molecule has 0 aliphatic carbocycles. The number of aliphatic hydroxyl groups is 1. The van der Waals surface area contributed by atoms with Crippen LogP contribution in [-0.2, 0) is 0 Å². The molecular weight excluding hydrogens is 214 g/mol. The summed E-state index contributed by atoms with van der Waals surface area (Å²) >= 11 is 0. The van der Waals surface area contributed by atoms with Crippen molar-refractivity contribution in [2.45, 2.75) is 19.4 Å². The van der Waals surface area contributed by atoms with Crippen LogP contribution in [0.1, 0.15) is 23.8 Å². The lowest BCUT2D eigenvalue weighted by atomic mass is 10.2. The minimum atomic E-state index is -0.611. The maximum Gasteiger partial charge on any atom is 0.321 e. The molecule has 0 bridgehead atoms. The van der Waals surface area contributed by atoms with Crippen molar-refractivity contribution in [3.05, 3.63) is 27.9 Å². The lowest BCUT2D eigenvalue weighted by Crippen LogP contribution is -2.37. The Labute approximate surface area is 91.6 Å². The molecule has 3 N–H and O–H groups in total. The van der Waals surface area contributed by atoms with Crippen molar-refractivity contribution in [3.8, 4) is 0 Å². The van der Waals surface area contributed by atoms with Gasteiger partial charge in [0.25, 0.3) is 5.91 Å². The van der Waals surface area contributed by atoms with Crippen LogP contribution >= 0.6 is 0 Å². The van der Waals surface area contributed by atoms with Crippen LogP contribution in [-0.4, -0.2) is 33.6 Å². The van der Waals surface area contributed by atoms with Gasteiger partial charge in [0, 0.05) is 6.07 Å². The second kappa shape index (κ2) is 5.26. The number of aliphatic hydroxyl groups excluding tert-OH is 1. The van der Waals surface area contributed by atoms with Crippen LogP contribution in [0, 0.1) is 10.1 Å². The standard InChI is InChI=1S/C9H13N3O4/c1-2-6(5-13)10-9(14)7-3-4-8(11-7)12(15)16/h3-4,6,11,13H,2,5H2,1H3,(H,10,14). The first kappa shape index (κ1) is 12.2. The van der Waals surface area contributed by atoms with Crippen molar-refractivity contribution in [1.82, 2.24) is 10.3 Å². The number of carbonyl (C=O) groups is 1. The third-order valence-electron chi connectivity index (χ3n) is 2.16. The molecule has 7 heteroatoms. The monoisotopic (exact) mass is 227 g/mol. The first-order valence-corrected chi connectivity index (χ1v) is 4.83. The molecule has 1 amide bonds. The lowest BCUT2D eigenvalue weighted by Gasteiger charge is -2.11. The van der Waals surface area contributed by atoms with E-state index in [0.29, 0.717) is 6.42 Å². The number of nitrogens with one attached hydrogen (secondary N) is 2. The molecule has 1 aromatic heterocycles. The van der Waals surface area contributed by atoms with Crippen molar-refractivity contribution in [2.75, 3.05) is 6.61 Å². The van der Waals surface area contributed by atoms with Gasteiger partial charge in [0.2, 0.25) is 0 Å².